The number of aromatic nitrogens is 3. The van der Waals surface area contributed by atoms with E-state index in [-0.39, 0.29) is 5.75 Å². The second kappa shape index (κ2) is 7.56. The van der Waals surface area contributed by atoms with Crippen LogP contribution in [0.15, 0.2) is 67.0 Å². The number of nitrogens with zero attached hydrogens (tertiary/aromatic N) is 3. The zero-order chi connectivity index (χ0) is 19.5. The van der Waals surface area contributed by atoms with E-state index in [1.165, 1.54) is 12.1 Å². The third-order valence-electron chi connectivity index (χ3n) is 4.27. The van der Waals surface area contributed by atoms with Crippen molar-refractivity contribution < 1.29 is 13.5 Å². The van der Waals surface area contributed by atoms with Crippen molar-refractivity contribution in [1.82, 2.24) is 15.0 Å². The lowest BCUT2D eigenvalue weighted by molar-refractivity contribution is -0.0498. The smallest absolute Gasteiger partial charge is 0.387 e. The van der Waals surface area contributed by atoms with Gasteiger partial charge in [0.1, 0.15) is 11.6 Å². The van der Waals surface area contributed by atoms with Crippen LogP contribution in [0.3, 0.4) is 0 Å². The zero-order valence-corrected chi connectivity index (χ0v) is 14.9. The molecule has 140 valence electrons. The number of pyridine rings is 1. The van der Waals surface area contributed by atoms with Crippen LogP contribution in [0, 0.1) is 0 Å². The minimum absolute atomic E-state index is 0.123. The van der Waals surface area contributed by atoms with Gasteiger partial charge in [-0.3, -0.25) is 4.98 Å². The molecule has 0 radical (unpaired) electrons. The van der Waals surface area contributed by atoms with Crippen LogP contribution in [0.5, 0.6) is 5.75 Å². The first kappa shape index (κ1) is 17.8. The lowest BCUT2D eigenvalue weighted by atomic mass is 10.0. The van der Waals surface area contributed by atoms with Crippen molar-refractivity contribution in [3.8, 4) is 28.3 Å². The predicted octanol–water partition coefficient (Wildman–Crippen LogP) is 5.00. The van der Waals surface area contributed by atoms with Gasteiger partial charge in [-0.05, 0) is 47.5 Å². The Labute approximate surface area is 160 Å². The number of hydrogen-bond acceptors (Lipinski definition) is 5. The molecule has 0 unspecified atom stereocenters. The molecule has 0 amide bonds. The fourth-order valence-electron chi connectivity index (χ4n) is 2.95. The molecule has 1 N–H and O–H groups in total. The summed E-state index contributed by atoms with van der Waals surface area (Å²) >= 11 is 0. The Morgan fingerprint density at radius 1 is 0.929 bits per heavy atom. The van der Waals surface area contributed by atoms with Gasteiger partial charge in [0.25, 0.3) is 0 Å². The molecule has 0 aliphatic heterocycles. The normalized spacial score (nSPS) is 11.0. The molecule has 0 spiro atoms. The van der Waals surface area contributed by atoms with Crippen LogP contribution in [0.4, 0.5) is 14.6 Å². The minimum atomic E-state index is -2.84. The number of alkyl halides is 2. The number of nitrogens with one attached hydrogen (secondary N) is 1. The molecule has 0 aliphatic rings. The molecule has 4 rings (SSSR count). The van der Waals surface area contributed by atoms with Crippen LogP contribution >= 0.6 is 0 Å². The summed E-state index contributed by atoms with van der Waals surface area (Å²) in [5.41, 5.74) is 3.37. The number of ether oxygens (including phenoxy) is 1. The molecule has 0 bridgehead atoms. The van der Waals surface area contributed by atoms with E-state index in [0.717, 1.165) is 33.4 Å². The van der Waals surface area contributed by atoms with Crippen LogP contribution in [-0.2, 0) is 0 Å². The van der Waals surface area contributed by atoms with Crippen molar-refractivity contribution in [2.24, 2.45) is 0 Å². The highest BCUT2D eigenvalue weighted by molar-refractivity contribution is 5.93. The topological polar surface area (TPSA) is 59.9 Å². The Balaban J connectivity index is 1.77. The molecule has 0 saturated heterocycles. The lowest BCUT2D eigenvalue weighted by Gasteiger charge is -2.10. The van der Waals surface area contributed by atoms with Crippen LogP contribution < -0.4 is 10.1 Å². The van der Waals surface area contributed by atoms with Crippen molar-refractivity contribution in [1.29, 1.82) is 0 Å². The van der Waals surface area contributed by atoms with Crippen molar-refractivity contribution in [3.05, 3.63) is 67.0 Å². The van der Waals surface area contributed by atoms with Crippen molar-refractivity contribution >= 4 is 16.7 Å². The molecular weight excluding hydrogens is 362 g/mol. The van der Waals surface area contributed by atoms with E-state index in [2.05, 4.69) is 25.0 Å². The molecule has 0 fully saturated rings. The third kappa shape index (κ3) is 3.59. The van der Waals surface area contributed by atoms with Crippen LogP contribution in [0.25, 0.3) is 33.4 Å². The van der Waals surface area contributed by atoms with Crippen molar-refractivity contribution in [3.63, 3.8) is 0 Å². The Bertz CT molecular complexity index is 1100. The third-order valence-corrected chi connectivity index (χ3v) is 4.27. The predicted molar refractivity (Wildman–Crippen MR) is 104 cm³/mol. The Hall–Kier alpha value is -3.61. The largest absolute Gasteiger partial charge is 0.435 e. The summed E-state index contributed by atoms with van der Waals surface area (Å²) in [6.07, 6.45) is 3.41. The maximum Gasteiger partial charge on any atom is 0.387 e. The van der Waals surface area contributed by atoms with Crippen molar-refractivity contribution in [2.45, 2.75) is 6.61 Å². The average Bonchev–Trinajstić information content (AvgIpc) is 2.73. The Morgan fingerprint density at radius 2 is 1.71 bits per heavy atom. The number of halogens is 2. The molecule has 2 aromatic heterocycles. The van der Waals surface area contributed by atoms with Crippen LogP contribution in [0.2, 0.25) is 0 Å². The number of rotatable bonds is 5. The molecule has 2 aromatic carbocycles. The first-order valence-corrected chi connectivity index (χ1v) is 8.59. The van der Waals surface area contributed by atoms with Gasteiger partial charge < -0.3 is 10.1 Å². The van der Waals surface area contributed by atoms with Crippen LogP contribution in [0.1, 0.15) is 0 Å². The molecule has 0 aliphatic carbocycles. The number of benzene rings is 2. The summed E-state index contributed by atoms with van der Waals surface area (Å²) < 4.78 is 29.0. The van der Waals surface area contributed by atoms with Gasteiger partial charge in [-0.2, -0.15) is 8.78 Å². The van der Waals surface area contributed by atoms with Gasteiger partial charge in [-0.1, -0.05) is 18.2 Å². The Morgan fingerprint density at radius 3 is 2.39 bits per heavy atom. The summed E-state index contributed by atoms with van der Waals surface area (Å²) in [6.45, 7) is -2.84. The highest BCUT2D eigenvalue weighted by Gasteiger charge is 2.11. The fraction of sp³-hybridized carbons (Fsp3) is 0.0952. The molecule has 0 atom stereocenters. The minimum Gasteiger partial charge on any atom is -0.435 e. The summed E-state index contributed by atoms with van der Waals surface area (Å²) in [6, 6.07) is 16.1. The van der Waals surface area contributed by atoms with Gasteiger partial charge >= 0.3 is 6.61 Å². The van der Waals surface area contributed by atoms with Gasteiger partial charge in [0.2, 0.25) is 0 Å². The SMILES string of the molecule is CNc1nc(-c2cccnc2)nc2cc(-c3ccc(OC(F)F)cc3)ccc12. The monoisotopic (exact) mass is 378 g/mol. The maximum absolute atomic E-state index is 12.3. The summed E-state index contributed by atoms with van der Waals surface area (Å²) in [5.74, 6) is 1.41. The summed E-state index contributed by atoms with van der Waals surface area (Å²) in [7, 11) is 1.81. The molecule has 0 saturated carbocycles. The first-order valence-electron chi connectivity index (χ1n) is 8.59. The summed E-state index contributed by atoms with van der Waals surface area (Å²) in [5, 5.41) is 3.99. The second-order valence-electron chi connectivity index (χ2n) is 6.02. The number of hydrogen-bond donors (Lipinski definition) is 1. The quantitative estimate of drug-likeness (QED) is 0.529. The van der Waals surface area contributed by atoms with Gasteiger partial charge in [-0.25, -0.2) is 9.97 Å². The highest BCUT2D eigenvalue weighted by Crippen LogP contribution is 2.30. The molecular formula is C21H16F2N4O. The average molecular weight is 378 g/mol. The van der Waals surface area contributed by atoms with Crippen LogP contribution in [-0.4, -0.2) is 28.6 Å². The Kier molecular flexibility index (Phi) is 4.80. The summed E-state index contributed by atoms with van der Waals surface area (Å²) in [4.78, 5) is 13.4. The van der Waals surface area contributed by atoms with Gasteiger partial charge in [0.05, 0.1) is 5.52 Å². The molecule has 28 heavy (non-hydrogen) atoms. The molecule has 4 aromatic rings. The van der Waals surface area contributed by atoms with Crippen molar-refractivity contribution in [2.75, 3.05) is 12.4 Å². The molecule has 5 nitrogen and oxygen atoms in total. The van der Waals surface area contributed by atoms with Gasteiger partial charge in [0, 0.05) is 30.4 Å². The first-order chi connectivity index (χ1) is 13.6. The van der Waals surface area contributed by atoms with Gasteiger partial charge in [-0.15, -0.1) is 0 Å². The zero-order valence-electron chi connectivity index (χ0n) is 14.9. The number of anilines is 1. The van der Waals surface area contributed by atoms with Gasteiger partial charge in [0.15, 0.2) is 5.82 Å². The second-order valence-corrected chi connectivity index (χ2v) is 6.02. The van der Waals surface area contributed by atoms with E-state index in [9.17, 15) is 8.78 Å². The molecule has 2 heterocycles. The lowest BCUT2D eigenvalue weighted by Crippen LogP contribution is -2.01. The fourth-order valence-corrected chi connectivity index (χ4v) is 2.95. The maximum atomic E-state index is 12.3. The highest BCUT2D eigenvalue weighted by atomic mass is 19.3. The van der Waals surface area contributed by atoms with E-state index in [1.54, 1.807) is 24.5 Å². The van der Waals surface area contributed by atoms with E-state index in [1.807, 2.05) is 37.4 Å². The van der Waals surface area contributed by atoms with E-state index < -0.39 is 6.61 Å². The van der Waals surface area contributed by atoms with E-state index in [4.69, 9.17) is 0 Å². The van der Waals surface area contributed by atoms with E-state index >= 15 is 0 Å². The van der Waals surface area contributed by atoms with E-state index in [0.29, 0.717) is 5.82 Å². The standard InChI is InChI=1S/C21H16F2N4O/c1-24-20-17-9-6-14(13-4-7-16(8-5-13)28-21(22)23)11-18(17)26-19(27-20)15-3-2-10-25-12-15/h2-12,21H,1H3,(H,24,26,27). The number of fused-ring (bicyclic) bond motifs is 1. The molecule has 7 heteroatoms.